The topological polar surface area (TPSA) is 78.1 Å². The number of allylic oxidation sites excluding steroid dienone is 1. The van der Waals surface area contributed by atoms with Gasteiger partial charge < -0.3 is 10.2 Å². The number of halogens is 5. The summed E-state index contributed by atoms with van der Waals surface area (Å²) in [5.41, 5.74) is -3.10. The highest BCUT2D eigenvalue weighted by Crippen LogP contribution is 2.44. The number of hydrogen-bond acceptors (Lipinski definition) is 3. The van der Waals surface area contributed by atoms with Crippen molar-refractivity contribution in [3.63, 3.8) is 0 Å². The van der Waals surface area contributed by atoms with Crippen LogP contribution in [0.4, 0.5) is 22.0 Å². The Morgan fingerprint density at radius 3 is 2.38 bits per heavy atom. The number of benzene rings is 1. The Morgan fingerprint density at radius 1 is 1.21 bits per heavy atom. The van der Waals surface area contributed by atoms with Gasteiger partial charge in [-0.1, -0.05) is 20.8 Å². The van der Waals surface area contributed by atoms with Gasteiger partial charge in [-0.25, -0.2) is 8.78 Å². The van der Waals surface area contributed by atoms with E-state index in [0.29, 0.717) is 0 Å². The number of nitrogens with zero attached hydrogens (tertiary/aromatic N) is 2. The van der Waals surface area contributed by atoms with Crippen LogP contribution in [-0.4, -0.2) is 39.5 Å². The summed E-state index contributed by atoms with van der Waals surface area (Å²) in [5.74, 6) is -3.85. The normalized spacial score (nSPS) is 15.9. The summed E-state index contributed by atoms with van der Waals surface area (Å²) in [6.07, 6.45) is -4.72. The van der Waals surface area contributed by atoms with Crippen molar-refractivity contribution in [1.82, 2.24) is 20.4 Å². The Bertz CT molecular complexity index is 1160. The van der Waals surface area contributed by atoms with Gasteiger partial charge in [-0.2, -0.15) is 18.3 Å². The van der Waals surface area contributed by atoms with Crippen LogP contribution in [0, 0.1) is 11.6 Å². The molecule has 1 aliphatic heterocycles. The van der Waals surface area contributed by atoms with Gasteiger partial charge in [-0.15, -0.1) is 0 Å². The molecule has 6 nitrogen and oxygen atoms in total. The standard InChI is InChI=1S/C23H25F5N4O2/c1-6-15-16(20(33)29-11(2)3)18-17(19(31-30-18)23(26,27)28)22(4,5)10-32(15)21(34)12-7-8-13(24)14(25)9-12/h7-9,11H,6,10H2,1-5H3,(H,29,33)(H,30,31). The van der Waals surface area contributed by atoms with Crippen molar-refractivity contribution < 1.29 is 31.5 Å². The zero-order valence-corrected chi connectivity index (χ0v) is 19.3. The summed E-state index contributed by atoms with van der Waals surface area (Å²) in [6, 6.07) is 2.25. The van der Waals surface area contributed by atoms with E-state index in [0.717, 1.165) is 23.1 Å². The van der Waals surface area contributed by atoms with Crippen molar-refractivity contribution in [2.75, 3.05) is 6.54 Å². The minimum atomic E-state index is -4.81. The minimum absolute atomic E-state index is 0.0894. The van der Waals surface area contributed by atoms with Gasteiger partial charge in [-0.05, 0) is 38.5 Å². The highest BCUT2D eigenvalue weighted by molar-refractivity contribution is 6.21. The maximum atomic E-state index is 13.9. The average Bonchev–Trinajstić information content (AvgIpc) is 3.14. The first-order valence-corrected chi connectivity index (χ1v) is 10.7. The third kappa shape index (κ3) is 4.55. The van der Waals surface area contributed by atoms with Crippen LogP contribution in [0.2, 0.25) is 0 Å². The van der Waals surface area contributed by atoms with Crippen LogP contribution < -0.4 is 5.32 Å². The summed E-state index contributed by atoms with van der Waals surface area (Å²) >= 11 is 0. The number of amides is 2. The minimum Gasteiger partial charge on any atom is -0.350 e. The Balaban J connectivity index is 2.31. The second-order valence-corrected chi connectivity index (χ2v) is 9.03. The van der Waals surface area contributed by atoms with E-state index in [2.05, 4.69) is 15.5 Å². The lowest BCUT2D eigenvalue weighted by atomic mass is 9.81. The fourth-order valence-corrected chi connectivity index (χ4v) is 4.16. The number of aromatic nitrogens is 2. The highest BCUT2D eigenvalue weighted by Gasteiger charge is 2.47. The number of aromatic amines is 1. The molecule has 0 saturated carbocycles. The Kier molecular flexibility index (Phi) is 6.60. The number of fused-ring (bicyclic) bond motifs is 1. The zero-order valence-electron chi connectivity index (χ0n) is 19.3. The second-order valence-electron chi connectivity index (χ2n) is 9.03. The number of nitrogens with one attached hydrogen (secondary N) is 2. The van der Waals surface area contributed by atoms with E-state index in [1.165, 1.54) is 13.8 Å². The molecule has 2 heterocycles. The number of carbonyl (C=O) groups is 2. The summed E-state index contributed by atoms with van der Waals surface area (Å²) < 4.78 is 68.8. The van der Waals surface area contributed by atoms with Crippen LogP contribution in [0.5, 0.6) is 0 Å². The molecular formula is C23H25F5N4O2. The molecule has 2 amide bonds. The fraction of sp³-hybridized carbons (Fsp3) is 0.435. The van der Waals surface area contributed by atoms with Gasteiger partial charge >= 0.3 is 6.18 Å². The molecule has 2 N–H and O–H groups in total. The molecule has 0 aliphatic carbocycles. The highest BCUT2D eigenvalue weighted by atomic mass is 19.4. The van der Waals surface area contributed by atoms with Crippen molar-refractivity contribution in [1.29, 1.82) is 0 Å². The first kappa shape index (κ1) is 25.4. The molecule has 0 atom stereocenters. The predicted octanol–water partition coefficient (Wildman–Crippen LogP) is 4.79. The van der Waals surface area contributed by atoms with E-state index >= 15 is 0 Å². The molecular weight excluding hydrogens is 459 g/mol. The van der Waals surface area contributed by atoms with Gasteiger partial charge in [0.15, 0.2) is 17.3 Å². The van der Waals surface area contributed by atoms with Crippen molar-refractivity contribution in [2.45, 2.75) is 58.7 Å². The average molecular weight is 484 g/mol. The van der Waals surface area contributed by atoms with Crippen LogP contribution in [-0.2, 0) is 16.4 Å². The van der Waals surface area contributed by atoms with Gasteiger partial charge in [0, 0.05) is 34.8 Å². The number of carbonyl (C=O) groups excluding carboxylic acids is 2. The van der Waals surface area contributed by atoms with Crippen molar-refractivity contribution >= 4 is 17.4 Å². The van der Waals surface area contributed by atoms with Crippen molar-refractivity contribution in [3.05, 3.63) is 58.0 Å². The van der Waals surface area contributed by atoms with Gasteiger partial charge in [0.05, 0.1) is 11.3 Å². The number of rotatable bonds is 4. The van der Waals surface area contributed by atoms with Crippen LogP contribution >= 0.6 is 0 Å². The Hall–Kier alpha value is -3.24. The molecule has 3 rings (SSSR count). The first-order valence-electron chi connectivity index (χ1n) is 10.7. The lowest BCUT2D eigenvalue weighted by Crippen LogP contribution is -2.40. The fourth-order valence-electron chi connectivity index (χ4n) is 4.16. The van der Waals surface area contributed by atoms with E-state index < -0.39 is 40.7 Å². The predicted molar refractivity (Wildman–Crippen MR) is 114 cm³/mol. The molecule has 1 aliphatic rings. The van der Waals surface area contributed by atoms with Gasteiger partial charge in [0.25, 0.3) is 11.8 Å². The van der Waals surface area contributed by atoms with Crippen LogP contribution in [0.15, 0.2) is 23.9 Å². The lowest BCUT2D eigenvalue weighted by molar-refractivity contribution is -0.142. The molecule has 0 radical (unpaired) electrons. The van der Waals surface area contributed by atoms with E-state index in [1.54, 1.807) is 20.8 Å². The van der Waals surface area contributed by atoms with E-state index in [9.17, 15) is 31.5 Å². The van der Waals surface area contributed by atoms with Gasteiger partial charge in [0.2, 0.25) is 0 Å². The molecule has 0 bridgehead atoms. The van der Waals surface area contributed by atoms with Crippen molar-refractivity contribution in [3.8, 4) is 0 Å². The quantitative estimate of drug-likeness (QED) is 0.613. The number of hydrogen-bond donors (Lipinski definition) is 2. The number of H-pyrrole nitrogens is 1. The molecule has 0 unspecified atom stereocenters. The third-order valence-corrected chi connectivity index (χ3v) is 5.52. The van der Waals surface area contributed by atoms with Crippen LogP contribution in [0.25, 0.3) is 5.57 Å². The lowest BCUT2D eigenvalue weighted by Gasteiger charge is -2.32. The van der Waals surface area contributed by atoms with Crippen LogP contribution in [0.3, 0.4) is 0 Å². The van der Waals surface area contributed by atoms with E-state index in [-0.39, 0.29) is 47.1 Å². The molecule has 1 aromatic heterocycles. The van der Waals surface area contributed by atoms with Gasteiger partial charge in [-0.3, -0.25) is 14.7 Å². The first-order chi connectivity index (χ1) is 15.7. The third-order valence-electron chi connectivity index (χ3n) is 5.52. The largest absolute Gasteiger partial charge is 0.435 e. The Labute approximate surface area is 193 Å². The summed E-state index contributed by atoms with van der Waals surface area (Å²) in [5, 5.41) is 8.52. The number of alkyl halides is 3. The molecule has 0 fully saturated rings. The Morgan fingerprint density at radius 2 is 1.85 bits per heavy atom. The second kappa shape index (κ2) is 8.84. The molecule has 0 saturated heterocycles. The molecule has 1 aromatic carbocycles. The summed E-state index contributed by atoms with van der Waals surface area (Å²) in [7, 11) is 0. The monoisotopic (exact) mass is 484 g/mol. The van der Waals surface area contributed by atoms with Crippen molar-refractivity contribution in [2.24, 2.45) is 0 Å². The SMILES string of the molecule is CCC1=C(C(=O)NC(C)C)c2[nH]nc(C(F)(F)F)c2C(C)(C)CN1C(=O)c1ccc(F)c(F)c1. The van der Waals surface area contributed by atoms with Gasteiger partial charge in [0.1, 0.15) is 0 Å². The summed E-state index contributed by atoms with van der Waals surface area (Å²) in [4.78, 5) is 27.8. The zero-order chi connectivity index (χ0) is 25.6. The molecule has 11 heteroatoms. The summed E-state index contributed by atoms with van der Waals surface area (Å²) in [6.45, 7) is 7.75. The molecule has 2 aromatic rings. The smallest absolute Gasteiger partial charge is 0.350 e. The van der Waals surface area contributed by atoms with Crippen LogP contribution in [0.1, 0.15) is 68.3 Å². The van der Waals surface area contributed by atoms with E-state index in [1.807, 2.05) is 0 Å². The van der Waals surface area contributed by atoms with E-state index in [4.69, 9.17) is 0 Å². The molecule has 34 heavy (non-hydrogen) atoms. The maximum Gasteiger partial charge on any atom is 0.435 e. The molecule has 184 valence electrons. The maximum absolute atomic E-state index is 13.9. The molecule has 0 spiro atoms.